The van der Waals surface area contributed by atoms with Crippen molar-refractivity contribution in [2.45, 2.75) is 38.1 Å². The van der Waals surface area contributed by atoms with Crippen molar-refractivity contribution in [2.75, 3.05) is 35.4 Å². The molecule has 4 aliphatic rings. The summed E-state index contributed by atoms with van der Waals surface area (Å²) in [6, 6.07) is 11.7. The van der Waals surface area contributed by atoms with Crippen LogP contribution >= 0.6 is 0 Å². The van der Waals surface area contributed by atoms with Gasteiger partial charge in [-0.2, -0.15) is 0 Å². The van der Waals surface area contributed by atoms with E-state index in [2.05, 4.69) is 15.3 Å². The Labute approximate surface area is 214 Å². The molecular formula is C28H27N5O4. The minimum Gasteiger partial charge on any atom is -0.496 e. The number of amides is 2. The molecule has 188 valence electrons. The van der Waals surface area contributed by atoms with Gasteiger partial charge in [0.15, 0.2) is 0 Å². The van der Waals surface area contributed by atoms with Crippen LogP contribution in [0.4, 0.5) is 22.9 Å². The Morgan fingerprint density at radius 1 is 1.11 bits per heavy atom. The first kappa shape index (κ1) is 22.1. The highest BCUT2D eigenvalue weighted by atomic mass is 16.5. The zero-order valence-electron chi connectivity index (χ0n) is 20.6. The van der Waals surface area contributed by atoms with Crippen LogP contribution in [0, 0.1) is 5.41 Å². The van der Waals surface area contributed by atoms with Gasteiger partial charge >= 0.3 is 0 Å². The number of rotatable bonds is 5. The second kappa shape index (κ2) is 8.19. The molecule has 2 amide bonds. The molecule has 9 heteroatoms. The Kier molecular flexibility index (Phi) is 4.89. The van der Waals surface area contributed by atoms with Gasteiger partial charge in [0.25, 0.3) is 0 Å². The quantitative estimate of drug-likeness (QED) is 0.561. The van der Waals surface area contributed by atoms with Crippen LogP contribution in [0.3, 0.4) is 0 Å². The van der Waals surface area contributed by atoms with Gasteiger partial charge in [-0.25, -0.2) is 9.97 Å². The highest BCUT2D eigenvalue weighted by Crippen LogP contribution is 2.58. The second-order valence-corrected chi connectivity index (χ2v) is 10.3. The molecule has 3 aromatic rings. The number of methoxy groups -OCH3 is 1. The Morgan fingerprint density at radius 3 is 2.68 bits per heavy atom. The molecule has 5 heterocycles. The minimum absolute atomic E-state index is 0.0760. The molecule has 1 N–H and O–H groups in total. The number of benzene rings is 1. The lowest BCUT2D eigenvalue weighted by molar-refractivity contribution is -0.121. The molecule has 37 heavy (non-hydrogen) atoms. The molecule has 9 nitrogen and oxygen atoms in total. The number of hydrogen-bond donors (Lipinski definition) is 1. The lowest BCUT2D eigenvalue weighted by atomic mass is 10.0. The number of carbonyl (C=O) groups is 2. The molecule has 0 unspecified atom stereocenters. The fourth-order valence-electron chi connectivity index (χ4n) is 5.81. The van der Waals surface area contributed by atoms with Gasteiger partial charge in [0.05, 0.1) is 30.5 Å². The van der Waals surface area contributed by atoms with Crippen molar-refractivity contribution in [1.82, 2.24) is 9.97 Å². The van der Waals surface area contributed by atoms with Crippen molar-refractivity contribution < 1.29 is 19.1 Å². The number of nitrogens with zero attached hydrogens (tertiary/aromatic N) is 4. The van der Waals surface area contributed by atoms with Gasteiger partial charge in [0.2, 0.25) is 17.7 Å². The van der Waals surface area contributed by atoms with E-state index in [1.54, 1.807) is 19.5 Å². The summed E-state index contributed by atoms with van der Waals surface area (Å²) in [7, 11) is 1.63. The molecule has 2 saturated heterocycles. The molecular weight excluding hydrogens is 470 g/mol. The van der Waals surface area contributed by atoms with E-state index >= 15 is 0 Å². The molecule has 1 atom stereocenters. The number of carbonyl (C=O) groups excluding carboxylic acids is 2. The van der Waals surface area contributed by atoms with Crippen molar-refractivity contribution in [2.24, 2.45) is 5.41 Å². The summed E-state index contributed by atoms with van der Waals surface area (Å²) >= 11 is 0. The lowest BCUT2D eigenvalue weighted by Gasteiger charge is -2.31. The van der Waals surface area contributed by atoms with E-state index in [-0.39, 0.29) is 23.3 Å². The number of nitrogens with one attached hydrogen (secondary N) is 1. The van der Waals surface area contributed by atoms with E-state index in [1.165, 1.54) is 0 Å². The molecule has 1 aromatic carbocycles. The number of aromatic nitrogens is 2. The van der Waals surface area contributed by atoms with Crippen molar-refractivity contribution in [3.8, 4) is 22.8 Å². The predicted molar refractivity (Wildman–Crippen MR) is 138 cm³/mol. The summed E-state index contributed by atoms with van der Waals surface area (Å²) in [4.78, 5) is 37.9. The van der Waals surface area contributed by atoms with Crippen LogP contribution in [-0.4, -0.2) is 48.1 Å². The minimum atomic E-state index is -0.175. The van der Waals surface area contributed by atoms with Crippen LogP contribution in [-0.2, 0) is 9.59 Å². The van der Waals surface area contributed by atoms with Crippen LogP contribution in [0.2, 0.25) is 0 Å². The molecule has 0 radical (unpaired) electrons. The third kappa shape index (κ3) is 3.60. The van der Waals surface area contributed by atoms with Crippen LogP contribution in [0.5, 0.6) is 11.6 Å². The van der Waals surface area contributed by atoms with Gasteiger partial charge in [-0.15, -0.1) is 0 Å². The van der Waals surface area contributed by atoms with Crippen molar-refractivity contribution in [3.63, 3.8) is 0 Å². The van der Waals surface area contributed by atoms with Gasteiger partial charge in [0.1, 0.15) is 23.9 Å². The number of anilines is 4. The van der Waals surface area contributed by atoms with Crippen LogP contribution in [0.25, 0.3) is 11.1 Å². The Morgan fingerprint density at radius 2 is 1.95 bits per heavy atom. The predicted octanol–water partition coefficient (Wildman–Crippen LogP) is 4.30. The third-order valence-electron chi connectivity index (χ3n) is 7.94. The molecule has 1 aliphatic carbocycles. The smallest absolute Gasteiger partial charge is 0.238 e. The van der Waals surface area contributed by atoms with E-state index in [9.17, 15) is 9.59 Å². The standard InChI is InChI=1S/C28H27N5O4/c1-36-23-12-24(29-15-21(23)17-4-6-19(7-5-17)32-10-2-3-25(32)34)31-18-11-22-26(30-14-18)37-16-20-13-28(8-9-28)27(35)33(20)22/h4-7,11-12,14-15,20H,2-3,8-10,13,16H2,1H3,(H,29,31)/t20-/m0/s1. The molecule has 0 bridgehead atoms. The summed E-state index contributed by atoms with van der Waals surface area (Å²) in [5, 5.41) is 3.30. The number of fused-ring (bicyclic) bond motifs is 3. The SMILES string of the molecule is COc1cc(Nc2cnc3c(c2)N2C(=O)C4(CC4)C[C@H]2CO3)ncc1-c1ccc(N2CCCC2=O)cc1. The fraction of sp³-hybridized carbons (Fsp3) is 0.357. The zero-order chi connectivity index (χ0) is 25.1. The maximum absolute atomic E-state index is 13.1. The van der Waals surface area contributed by atoms with Crippen LogP contribution in [0.1, 0.15) is 32.1 Å². The monoisotopic (exact) mass is 497 g/mol. The fourth-order valence-corrected chi connectivity index (χ4v) is 5.81. The number of hydrogen-bond acceptors (Lipinski definition) is 7. The summed E-state index contributed by atoms with van der Waals surface area (Å²) in [5.74, 6) is 2.13. The largest absolute Gasteiger partial charge is 0.496 e. The average Bonchev–Trinajstić information content (AvgIpc) is 3.49. The van der Waals surface area contributed by atoms with Gasteiger partial charge < -0.3 is 24.6 Å². The van der Waals surface area contributed by atoms with Gasteiger partial charge in [0, 0.05) is 36.5 Å². The lowest BCUT2D eigenvalue weighted by Crippen LogP contribution is -2.41. The first-order valence-corrected chi connectivity index (χ1v) is 12.7. The molecule has 2 aromatic heterocycles. The maximum atomic E-state index is 13.1. The second-order valence-electron chi connectivity index (χ2n) is 10.3. The van der Waals surface area contributed by atoms with Gasteiger partial charge in [-0.3, -0.25) is 9.59 Å². The topological polar surface area (TPSA) is 96.9 Å². The van der Waals surface area contributed by atoms with Gasteiger partial charge in [-0.05, 0) is 49.4 Å². The number of ether oxygens (including phenoxy) is 2. The molecule has 7 rings (SSSR count). The van der Waals surface area contributed by atoms with E-state index in [1.807, 2.05) is 46.2 Å². The Bertz CT molecular complexity index is 1420. The van der Waals surface area contributed by atoms with Crippen molar-refractivity contribution in [1.29, 1.82) is 0 Å². The first-order valence-electron chi connectivity index (χ1n) is 12.7. The first-order chi connectivity index (χ1) is 18.0. The zero-order valence-corrected chi connectivity index (χ0v) is 20.6. The van der Waals surface area contributed by atoms with E-state index in [4.69, 9.17) is 9.47 Å². The summed E-state index contributed by atoms with van der Waals surface area (Å²) in [5.41, 5.74) is 3.97. The highest BCUT2D eigenvalue weighted by Gasteiger charge is 2.60. The third-order valence-corrected chi connectivity index (χ3v) is 7.94. The Balaban J connectivity index is 1.13. The summed E-state index contributed by atoms with van der Waals surface area (Å²) in [6.45, 7) is 1.26. The van der Waals surface area contributed by atoms with Gasteiger partial charge in [-0.1, -0.05) is 12.1 Å². The normalized spacial score (nSPS) is 21.1. The summed E-state index contributed by atoms with van der Waals surface area (Å²) < 4.78 is 11.6. The highest BCUT2D eigenvalue weighted by molar-refractivity contribution is 6.04. The molecule has 3 fully saturated rings. The molecule has 1 saturated carbocycles. The van der Waals surface area contributed by atoms with Crippen LogP contribution < -0.4 is 24.6 Å². The number of pyridine rings is 2. The average molecular weight is 498 g/mol. The van der Waals surface area contributed by atoms with E-state index in [0.717, 1.165) is 60.4 Å². The maximum Gasteiger partial charge on any atom is 0.238 e. The Hall–Kier alpha value is -4.14. The van der Waals surface area contributed by atoms with E-state index < -0.39 is 0 Å². The van der Waals surface area contributed by atoms with E-state index in [0.29, 0.717) is 30.5 Å². The molecule has 3 aliphatic heterocycles. The van der Waals surface area contributed by atoms with Crippen molar-refractivity contribution in [3.05, 3.63) is 48.8 Å². The summed E-state index contributed by atoms with van der Waals surface area (Å²) in [6.07, 6.45) is 7.75. The van der Waals surface area contributed by atoms with Crippen LogP contribution in [0.15, 0.2) is 48.8 Å². The van der Waals surface area contributed by atoms with Crippen molar-refractivity contribution >= 4 is 34.7 Å². The molecule has 1 spiro atoms.